The molecule has 1 saturated heterocycles. The fourth-order valence-corrected chi connectivity index (χ4v) is 7.60. The third-order valence-electron chi connectivity index (χ3n) is 9.76. The molecule has 3 aromatic rings. The lowest BCUT2D eigenvalue weighted by Gasteiger charge is -2.39. The van der Waals surface area contributed by atoms with Gasteiger partial charge in [-0.15, -0.1) is 0 Å². The third kappa shape index (κ3) is 6.83. The summed E-state index contributed by atoms with van der Waals surface area (Å²) in [5.74, 6) is 1.69. The summed E-state index contributed by atoms with van der Waals surface area (Å²) >= 11 is 0. The van der Waals surface area contributed by atoms with Gasteiger partial charge in [0.2, 0.25) is 0 Å². The van der Waals surface area contributed by atoms with Crippen LogP contribution in [0.5, 0.6) is 0 Å². The lowest BCUT2D eigenvalue weighted by molar-refractivity contribution is 0.0125. The number of ether oxygens (including phenoxy) is 2. The lowest BCUT2D eigenvalue weighted by atomic mass is 9.84. The van der Waals surface area contributed by atoms with Crippen LogP contribution in [0, 0.1) is 5.92 Å². The number of hydrogen-bond acceptors (Lipinski definition) is 6. The van der Waals surface area contributed by atoms with Gasteiger partial charge in [-0.2, -0.15) is 0 Å². The predicted octanol–water partition coefficient (Wildman–Crippen LogP) is 6.82. The number of carbonyl (C=O) groups is 2. The topological polar surface area (TPSA) is 80.1 Å². The molecule has 0 bridgehead atoms. The molecule has 2 fully saturated rings. The highest BCUT2D eigenvalue weighted by molar-refractivity contribution is 5.95. The molecule has 9 heteroatoms. The number of aromatic nitrogens is 2. The van der Waals surface area contributed by atoms with E-state index in [9.17, 15) is 9.59 Å². The lowest BCUT2D eigenvalue weighted by Crippen LogP contribution is -2.51. The van der Waals surface area contributed by atoms with Gasteiger partial charge in [0.1, 0.15) is 11.4 Å². The standard InChI is InChI=1S/C36H49N5O4/c1-25-14-15-29-30(40(25)35(43)44-5)16-17-31-33(29)37-32(23-26-10-7-6-8-11-26)41(31)28-13-9-12-27(22-28)24-38-18-20-39(21-19-38)34(42)45-36(2,3)4/h6-8,10-11,16-17,25,27-28H,9,12-15,18-24H2,1-5H3/t25-,27+,28+/m0/s1. The number of hydrogen-bond donors (Lipinski definition) is 0. The number of anilines is 1. The molecule has 2 aromatic carbocycles. The van der Waals surface area contributed by atoms with Crippen LogP contribution in [0.15, 0.2) is 42.5 Å². The fraction of sp³-hybridized carbons (Fsp3) is 0.583. The number of aryl methyl sites for hydroxylation is 1. The largest absolute Gasteiger partial charge is 0.452 e. The van der Waals surface area contributed by atoms with E-state index < -0.39 is 5.60 Å². The van der Waals surface area contributed by atoms with E-state index in [1.807, 2.05) is 25.7 Å². The molecule has 3 heterocycles. The second kappa shape index (κ2) is 13.0. The molecule has 9 nitrogen and oxygen atoms in total. The molecule has 1 saturated carbocycles. The van der Waals surface area contributed by atoms with Crippen molar-refractivity contribution in [1.29, 1.82) is 0 Å². The van der Waals surface area contributed by atoms with Crippen molar-refractivity contribution in [1.82, 2.24) is 19.4 Å². The van der Waals surface area contributed by atoms with Crippen LogP contribution in [-0.4, -0.2) is 83.0 Å². The first-order valence-corrected chi connectivity index (χ1v) is 16.8. The van der Waals surface area contributed by atoms with Crippen LogP contribution < -0.4 is 4.90 Å². The van der Waals surface area contributed by atoms with Crippen molar-refractivity contribution in [2.45, 2.75) is 90.3 Å². The Labute approximate surface area is 267 Å². The second-order valence-electron chi connectivity index (χ2n) is 14.2. The Kier molecular flexibility index (Phi) is 9.09. The average Bonchev–Trinajstić information content (AvgIpc) is 3.39. The highest BCUT2D eigenvalue weighted by Gasteiger charge is 2.34. The van der Waals surface area contributed by atoms with Crippen LogP contribution in [-0.2, 0) is 22.3 Å². The van der Waals surface area contributed by atoms with Crippen molar-refractivity contribution < 1.29 is 19.1 Å². The van der Waals surface area contributed by atoms with Crippen molar-refractivity contribution in [3.05, 3.63) is 59.4 Å². The first-order valence-electron chi connectivity index (χ1n) is 16.8. The van der Waals surface area contributed by atoms with E-state index in [2.05, 4.69) is 58.9 Å². The molecule has 0 unspecified atom stereocenters. The monoisotopic (exact) mass is 615 g/mol. The van der Waals surface area contributed by atoms with E-state index in [1.165, 1.54) is 31.0 Å². The minimum absolute atomic E-state index is 0.0818. The normalized spacial score (nSPS) is 22.7. The number of carbonyl (C=O) groups excluding carboxylic acids is 2. The maximum atomic E-state index is 12.8. The van der Waals surface area contributed by atoms with Crippen molar-refractivity contribution in [2.24, 2.45) is 5.92 Å². The van der Waals surface area contributed by atoms with Gasteiger partial charge in [0.15, 0.2) is 0 Å². The summed E-state index contributed by atoms with van der Waals surface area (Å²) in [6.45, 7) is 12.1. The highest BCUT2D eigenvalue weighted by Crippen LogP contribution is 2.41. The summed E-state index contributed by atoms with van der Waals surface area (Å²) in [6.07, 6.45) is 6.70. The van der Waals surface area contributed by atoms with Crippen LogP contribution in [0.3, 0.4) is 0 Å². The SMILES string of the molecule is COC(=O)N1c2ccc3c(nc(Cc4ccccc4)n3[C@@H]3CCC[C@@H](CN4CCN(C(=O)OC(C)(C)C)CC4)C3)c2CC[C@@H]1C. The van der Waals surface area contributed by atoms with E-state index in [1.54, 1.807) is 4.90 Å². The number of fused-ring (bicyclic) bond motifs is 3. The van der Waals surface area contributed by atoms with Gasteiger partial charge < -0.3 is 18.9 Å². The quantitative estimate of drug-likeness (QED) is 0.314. The molecular weight excluding hydrogens is 566 g/mol. The zero-order valence-corrected chi connectivity index (χ0v) is 27.6. The van der Waals surface area contributed by atoms with Crippen LogP contribution >= 0.6 is 0 Å². The third-order valence-corrected chi connectivity index (χ3v) is 9.76. The summed E-state index contributed by atoms with van der Waals surface area (Å²) in [4.78, 5) is 36.9. The predicted molar refractivity (Wildman–Crippen MR) is 177 cm³/mol. The molecule has 0 N–H and O–H groups in total. The Balaban J connectivity index is 1.24. The van der Waals surface area contributed by atoms with Gasteiger partial charge >= 0.3 is 12.2 Å². The summed E-state index contributed by atoms with van der Waals surface area (Å²) < 4.78 is 13.3. The number of piperazine rings is 1. The molecule has 6 rings (SSSR count). The van der Waals surface area contributed by atoms with Gasteiger partial charge in [-0.1, -0.05) is 36.8 Å². The summed E-state index contributed by atoms with van der Waals surface area (Å²) in [7, 11) is 1.45. The van der Waals surface area contributed by atoms with E-state index in [0.29, 0.717) is 25.0 Å². The molecule has 1 aliphatic carbocycles. The molecular formula is C36H49N5O4. The zero-order valence-electron chi connectivity index (χ0n) is 27.6. The molecule has 3 atom stereocenters. The molecule has 242 valence electrons. The van der Waals surface area contributed by atoms with Crippen LogP contribution in [0.1, 0.15) is 82.8 Å². The Morgan fingerprint density at radius 3 is 2.42 bits per heavy atom. The van der Waals surface area contributed by atoms with Gasteiger partial charge in [-0.25, -0.2) is 14.6 Å². The van der Waals surface area contributed by atoms with Crippen LogP contribution in [0.25, 0.3) is 11.0 Å². The molecule has 2 aliphatic heterocycles. The van der Waals surface area contributed by atoms with Crippen molar-refractivity contribution >= 4 is 28.9 Å². The smallest absolute Gasteiger partial charge is 0.414 e. The van der Waals surface area contributed by atoms with E-state index in [0.717, 1.165) is 74.3 Å². The minimum atomic E-state index is -0.472. The van der Waals surface area contributed by atoms with Gasteiger partial charge in [0.05, 0.1) is 23.8 Å². The van der Waals surface area contributed by atoms with Gasteiger partial charge in [-0.05, 0) is 83.4 Å². The zero-order chi connectivity index (χ0) is 31.7. The Hall–Kier alpha value is -3.59. The van der Waals surface area contributed by atoms with E-state index >= 15 is 0 Å². The number of rotatable bonds is 5. The highest BCUT2D eigenvalue weighted by atomic mass is 16.6. The number of benzene rings is 2. The maximum absolute atomic E-state index is 12.8. The minimum Gasteiger partial charge on any atom is -0.452 e. The van der Waals surface area contributed by atoms with Crippen molar-refractivity contribution in [3.8, 4) is 0 Å². The molecule has 0 spiro atoms. The van der Waals surface area contributed by atoms with Gasteiger partial charge in [0, 0.05) is 56.8 Å². The number of amides is 2. The second-order valence-corrected chi connectivity index (χ2v) is 14.2. The Morgan fingerprint density at radius 2 is 1.71 bits per heavy atom. The molecule has 45 heavy (non-hydrogen) atoms. The Morgan fingerprint density at radius 1 is 0.956 bits per heavy atom. The van der Waals surface area contributed by atoms with Gasteiger partial charge in [-0.3, -0.25) is 9.80 Å². The number of nitrogens with zero attached hydrogens (tertiary/aromatic N) is 5. The molecule has 1 aromatic heterocycles. The van der Waals surface area contributed by atoms with Crippen molar-refractivity contribution in [2.75, 3.05) is 44.7 Å². The number of methoxy groups -OCH3 is 1. The summed E-state index contributed by atoms with van der Waals surface area (Å²) in [6, 6.07) is 15.4. The first kappa shape index (κ1) is 31.4. The Bertz CT molecular complexity index is 1510. The van der Waals surface area contributed by atoms with Gasteiger partial charge in [0.25, 0.3) is 0 Å². The first-order chi connectivity index (χ1) is 21.6. The average molecular weight is 616 g/mol. The molecule has 0 radical (unpaired) electrons. The van der Waals surface area contributed by atoms with E-state index in [4.69, 9.17) is 14.5 Å². The molecule has 3 aliphatic rings. The van der Waals surface area contributed by atoms with Crippen molar-refractivity contribution in [3.63, 3.8) is 0 Å². The fourth-order valence-electron chi connectivity index (χ4n) is 7.60. The maximum Gasteiger partial charge on any atom is 0.414 e. The molecule has 2 amide bonds. The van der Waals surface area contributed by atoms with Crippen LogP contribution in [0.2, 0.25) is 0 Å². The van der Waals surface area contributed by atoms with E-state index in [-0.39, 0.29) is 18.2 Å². The summed E-state index contributed by atoms with van der Waals surface area (Å²) in [5.41, 5.74) is 5.06. The van der Waals surface area contributed by atoms with Crippen LogP contribution in [0.4, 0.5) is 15.3 Å². The number of imidazole rings is 1. The summed E-state index contributed by atoms with van der Waals surface area (Å²) in [5, 5.41) is 0.